The third-order valence-corrected chi connectivity index (χ3v) is 5.70. The predicted octanol–water partition coefficient (Wildman–Crippen LogP) is 4.37. The first kappa shape index (κ1) is 21.8. The normalized spacial score (nSPS) is 14.1. The van der Waals surface area contributed by atoms with Gasteiger partial charge in [-0.25, -0.2) is 19.5 Å². The summed E-state index contributed by atoms with van der Waals surface area (Å²) in [6, 6.07) is 9.87. The van der Waals surface area contributed by atoms with Crippen LogP contribution >= 0.6 is 0 Å². The number of carbonyl (C=O) groups excluding carboxylic acids is 1. The van der Waals surface area contributed by atoms with Gasteiger partial charge in [-0.1, -0.05) is 18.2 Å². The summed E-state index contributed by atoms with van der Waals surface area (Å²) in [6.45, 7) is 3.42. The molecule has 0 saturated carbocycles. The number of benzene rings is 1. The van der Waals surface area contributed by atoms with Crippen molar-refractivity contribution in [1.29, 1.82) is 0 Å². The number of hydrogen-bond donors (Lipinski definition) is 1. The SMILES string of the molecule is Cc1nc2ccc(-c3ccccc3C(F)(F)F)nn2c1C(=O)Nc1cc(N2CCCC2)ncn1. The summed E-state index contributed by atoms with van der Waals surface area (Å²) in [5.41, 5.74) is 0.0325. The average molecular weight is 467 g/mol. The van der Waals surface area contributed by atoms with Crippen LogP contribution in [0.5, 0.6) is 0 Å². The van der Waals surface area contributed by atoms with Gasteiger partial charge in [-0.05, 0) is 38.0 Å². The van der Waals surface area contributed by atoms with Crippen molar-refractivity contribution >= 4 is 23.2 Å². The van der Waals surface area contributed by atoms with Crippen molar-refractivity contribution in [2.75, 3.05) is 23.3 Å². The van der Waals surface area contributed by atoms with Crippen molar-refractivity contribution in [1.82, 2.24) is 24.6 Å². The number of rotatable bonds is 4. The number of anilines is 2. The molecule has 4 aromatic rings. The summed E-state index contributed by atoms with van der Waals surface area (Å²) >= 11 is 0. The van der Waals surface area contributed by atoms with Gasteiger partial charge < -0.3 is 10.2 Å². The van der Waals surface area contributed by atoms with Crippen LogP contribution in [-0.2, 0) is 6.18 Å². The zero-order chi connectivity index (χ0) is 23.9. The number of aryl methyl sites for hydroxylation is 1. The smallest absolute Gasteiger partial charge is 0.356 e. The Balaban J connectivity index is 1.51. The van der Waals surface area contributed by atoms with Crippen molar-refractivity contribution < 1.29 is 18.0 Å². The second kappa shape index (κ2) is 8.40. The number of amides is 1. The minimum Gasteiger partial charge on any atom is -0.356 e. The second-order valence-corrected chi connectivity index (χ2v) is 7.99. The fourth-order valence-electron chi connectivity index (χ4n) is 4.11. The van der Waals surface area contributed by atoms with Gasteiger partial charge in [0, 0.05) is 24.7 Å². The average Bonchev–Trinajstić information content (AvgIpc) is 3.45. The van der Waals surface area contributed by atoms with Crippen LogP contribution in [0.25, 0.3) is 16.9 Å². The highest BCUT2D eigenvalue weighted by molar-refractivity contribution is 6.04. The van der Waals surface area contributed by atoms with E-state index in [0.29, 0.717) is 17.2 Å². The molecule has 0 aliphatic carbocycles. The van der Waals surface area contributed by atoms with Crippen LogP contribution in [0.1, 0.15) is 34.6 Å². The number of hydrogen-bond acceptors (Lipinski definition) is 6. The lowest BCUT2D eigenvalue weighted by Gasteiger charge is -2.16. The summed E-state index contributed by atoms with van der Waals surface area (Å²) in [5, 5.41) is 7.07. The largest absolute Gasteiger partial charge is 0.417 e. The molecule has 3 aromatic heterocycles. The maximum absolute atomic E-state index is 13.5. The van der Waals surface area contributed by atoms with Crippen LogP contribution in [0.2, 0.25) is 0 Å². The third kappa shape index (κ3) is 4.04. The van der Waals surface area contributed by atoms with E-state index in [4.69, 9.17) is 0 Å². The molecule has 1 amide bonds. The zero-order valence-electron chi connectivity index (χ0n) is 18.2. The fourth-order valence-corrected chi connectivity index (χ4v) is 4.11. The molecule has 1 aromatic carbocycles. The van der Waals surface area contributed by atoms with E-state index in [1.807, 2.05) is 0 Å². The molecule has 0 unspecified atom stereocenters. The van der Waals surface area contributed by atoms with Crippen LogP contribution in [0.3, 0.4) is 0 Å². The molecule has 1 saturated heterocycles. The number of nitrogens with one attached hydrogen (secondary N) is 1. The Labute approximate surface area is 192 Å². The maximum atomic E-state index is 13.5. The summed E-state index contributed by atoms with van der Waals surface area (Å²) in [6.07, 6.45) is -0.996. The van der Waals surface area contributed by atoms with E-state index in [1.54, 1.807) is 13.0 Å². The van der Waals surface area contributed by atoms with E-state index < -0.39 is 17.6 Å². The number of aromatic nitrogens is 5. The molecule has 0 bridgehead atoms. The zero-order valence-corrected chi connectivity index (χ0v) is 18.2. The quantitative estimate of drug-likeness (QED) is 0.480. The van der Waals surface area contributed by atoms with Gasteiger partial charge in [0.05, 0.1) is 17.0 Å². The standard InChI is InChI=1S/C23H20F3N7O/c1-14-21(22(34)30-18-12-20(28-13-27-18)32-10-4-5-11-32)33-19(29-14)9-8-17(31-33)15-6-2-3-7-16(15)23(24,25)26/h2-3,6-9,12-13H,4-5,10-11H2,1H3,(H,27,28,30,34). The molecule has 0 radical (unpaired) electrons. The van der Waals surface area contributed by atoms with E-state index in [9.17, 15) is 18.0 Å². The van der Waals surface area contributed by atoms with Gasteiger partial charge in [0.2, 0.25) is 0 Å². The van der Waals surface area contributed by atoms with Crippen molar-refractivity contribution in [2.45, 2.75) is 25.9 Å². The van der Waals surface area contributed by atoms with Gasteiger partial charge in [-0.15, -0.1) is 0 Å². The number of fused-ring (bicyclic) bond motifs is 1. The molecule has 4 heterocycles. The Morgan fingerprint density at radius 1 is 1.06 bits per heavy atom. The van der Waals surface area contributed by atoms with Crippen LogP contribution < -0.4 is 10.2 Å². The highest BCUT2D eigenvalue weighted by atomic mass is 19.4. The minimum absolute atomic E-state index is 0.0743. The molecule has 0 atom stereocenters. The molecule has 1 N–H and O–H groups in total. The molecular weight excluding hydrogens is 447 g/mol. The van der Waals surface area contributed by atoms with Crippen LogP contribution in [0, 0.1) is 6.92 Å². The highest BCUT2D eigenvalue weighted by Crippen LogP contribution is 2.36. The molecule has 1 fully saturated rings. The lowest BCUT2D eigenvalue weighted by atomic mass is 10.0. The van der Waals surface area contributed by atoms with Gasteiger partial charge >= 0.3 is 6.18 Å². The maximum Gasteiger partial charge on any atom is 0.417 e. The fraction of sp³-hybridized carbons (Fsp3) is 0.261. The Morgan fingerprint density at radius 3 is 2.59 bits per heavy atom. The van der Waals surface area contributed by atoms with Gasteiger partial charge in [-0.3, -0.25) is 4.79 Å². The molecule has 11 heteroatoms. The molecule has 34 heavy (non-hydrogen) atoms. The lowest BCUT2D eigenvalue weighted by Crippen LogP contribution is -2.21. The summed E-state index contributed by atoms with van der Waals surface area (Å²) in [7, 11) is 0. The summed E-state index contributed by atoms with van der Waals surface area (Å²) in [4.78, 5) is 28.0. The number of imidazole rings is 1. The predicted molar refractivity (Wildman–Crippen MR) is 120 cm³/mol. The first-order chi connectivity index (χ1) is 16.3. The number of carbonyl (C=O) groups is 1. The van der Waals surface area contributed by atoms with Gasteiger partial charge in [0.25, 0.3) is 5.91 Å². The second-order valence-electron chi connectivity index (χ2n) is 7.99. The number of halogens is 3. The van der Waals surface area contributed by atoms with Crippen molar-refractivity contribution in [3.8, 4) is 11.3 Å². The number of alkyl halides is 3. The number of nitrogens with zero attached hydrogens (tertiary/aromatic N) is 6. The Kier molecular flexibility index (Phi) is 5.39. The van der Waals surface area contributed by atoms with Gasteiger partial charge in [0.1, 0.15) is 18.0 Å². The van der Waals surface area contributed by atoms with Crippen LogP contribution in [-0.4, -0.2) is 43.6 Å². The van der Waals surface area contributed by atoms with Crippen LogP contribution in [0.4, 0.5) is 24.8 Å². The highest BCUT2D eigenvalue weighted by Gasteiger charge is 2.34. The molecule has 8 nitrogen and oxygen atoms in total. The third-order valence-electron chi connectivity index (χ3n) is 5.70. The molecule has 0 spiro atoms. The summed E-state index contributed by atoms with van der Waals surface area (Å²) < 4.78 is 41.8. The lowest BCUT2D eigenvalue weighted by molar-refractivity contribution is -0.137. The van der Waals surface area contributed by atoms with E-state index in [1.165, 1.54) is 41.2 Å². The van der Waals surface area contributed by atoms with E-state index in [-0.39, 0.29) is 17.0 Å². The summed E-state index contributed by atoms with van der Waals surface area (Å²) in [5.74, 6) is 0.515. The van der Waals surface area contributed by atoms with Crippen molar-refractivity contribution in [2.24, 2.45) is 0 Å². The first-order valence-electron chi connectivity index (χ1n) is 10.7. The molecule has 1 aliphatic rings. The molecule has 174 valence electrons. The van der Waals surface area contributed by atoms with Crippen molar-refractivity contribution in [3.63, 3.8) is 0 Å². The van der Waals surface area contributed by atoms with Crippen molar-refractivity contribution in [3.05, 3.63) is 65.7 Å². The monoisotopic (exact) mass is 467 g/mol. The van der Waals surface area contributed by atoms with E-state index in [2.05, 4.69) is 30.3 Å². The van der Waals surface area contributed by atoms with Gasteiger partial charge in [0.15, 0.2) is 11.3 Å². The van der Waals surface area contributed by atoms with E-state index in [0.717, 1.165) is 37.8 Å². The van der Waals surface area contributed by atoms with E-state index >= 15 is 0 Å². The Hall–Kier alpha value is -4.02. The Morgan fingerprint density at radius 2 is 1.82 bits per heavy atom. The molecule has 1 aliphatic heterocycles. The van der Waals surface area contributed by atoms with Gasteiger partial charge in [-0.2, -0.15) is 18.3 Å². The first-order valence-corrected chi connectivity index (χ1v) is 10.7. The Bertz CT molecular complexity index is 1380. The topological polar surface area (TPSA) is 88.3 Å². The molecular formula is C23H20F3N7O. The minimum atomic E-state index is -4.54. The molecule has 5 rings (SSSR count). The van der Waals surface area contributed by atoms with Crippen LogP contribution in [0.15, 0.2) is 48.8 Å².